The van der Waals surface area contributed by atoms with E-state index in [0.29, 0.717) is 6.54 Å². The molecule has 1 aromatic heterocycles. The first-order valence-corrected chi connectivity index (χ1v) is 5.96. The van der Waals surface area contributed by atoms with E-state index in [1.807, 2.05) is 47.3 Å². The summed E-state index contributed by atoms with van der Waals surface area (Å²) in [6, 6.07) is 12.1. The van der Waals surface area contributed by atoms with Crippen LogP contribution in [0.3, 0.4) is 0 Å². The Morgan fingerprint density at radius 1 is 1.33 bits per heavy atom. The van der Waals surface area contributed by atoms with Gasteiger partial charge in [-0.3, -0.25) is 0 Å². The molecule has 0 aliphatic carbocycles. The molecule has 3 nitrogen and oxygen atoms in total. The molecule has 0 aliphatic heterocycles. The molecule has 0 bridgehead atoms. The summed E-state index contributed by atoms with van der Waals surface area (Å²) < 4.78 is 1.92. The van der Waals surface area contributed by atoms with Crippen LogP contribution in [-0.4, -0.2) is 16.0 Å². The molecule has 2 N–H and O–H groups in total. The molecular formula is C11H13N3S. The monoisotopic (exact) mass is 219 g/mol. The lowest BCUT2D eigenvalue weighted by atomic mass is 10.3. The zero-order chi connectivity index (χ0) is 10.7. The molecule has 15 heavy (non-hydrogen) atoms. The normalized spacial score (nSPS) is 10.5. The van der Waals surface area contributed by atoms with E-state index in [-0.39, 0.29) is 0 Å². The first-order valence-electron chi connectivity index (χ1n) is 4.73. The minimum Gasteiger partial charge on any atom is -0.325 e. The lowest BCUT2D eigenvalue weighted by Gasteiger charge is -2.03. The van der Waals surface area contributed by atoms with Gasteiger partial charge in [-0.25, -0.2) is 4.68 Å². The molecule has 0 saturated heterocycles. The minimum atomic E-state index is 0.480. The predicted octanol–water partition coefficient (Wildman–Crippen LogP) is 2.05. The Bertz CT molecular complexity index is 436. The molecule has 0 unspecified atom stereocenters. The van der Waals surface area contributed by atoms with E-state index in [1.165, 1.54) is 0 Å². The highest BCUT2D eigenvalue weighted by atomic mass is 32.2. The number of aromatic nitrogens is 2. The summed E-state index contributed by atoms with van der Waals surface area (Å²) >= 11 is 1.67. The van der Waals surface area contributed by atoms with Crippen molar-refractivity contribution in [2.75, 3.05) is 6.26 Å². The van der Waals surface area contributed by atoms with Crippen molar-refractivity contribution in [2.24, 2.45) is 5.73 Å². The maximum atomic E-state index is 5.58. The maximum absolute atomic E-state index is 5.58. The molecule has 2 rings (SSSR count). The molecule has 78 valence electrons. The van der Waals surface area contributed by atoms with E-state index in [2.05, 4.69) is 5.10 Å². The van der Waals surface area contributed by atoms with Crippen LogP contribution in [0.25, 0.3) is 5.69 Å². The van der Waals surface area contributed by atoms with Gasteiger partial charge < -0.3 is 5.73 Å². The smallest absolute Gasteiger partial charge is 0.0999 e. The standard InChI is InChI=1S/C11H13N3S/c1-15-11-7-9(8-12)13-14(11)10-5-3-2-4-6-10/h2-7H,8,12H2,1H3. The second-order valence-electron chi connectivity index (χ2n) is 3.13. The highest BCUT2D eigenvalue weighted by Crippen LogP contribution is 2.20. The number of rotatable bonds is 3. The summed E-state index contributed by atoms with van der Waals surface area (Å²) in [7, 11) is 0. The molecule has 0 fully saturated rings. The second kappa shape index (κ2) is 4.51. The largest absolute Gasteiger partial charge is 0.325 e. The van der Waals surface area contributed by atoms with Crippen molar-refractivity contribution in [2.45, 2.75) is 11.6 Å². The van der Waals surface area contributed by atoms with Gasteiger partial charge in [-0.15, -0.1) is 11.8 Å². The molecule has 1 aromatic carbocycles. The summed E-state index contributed by atoms with van der Waals surface area (Å²) in [6.07, 6.45) is 2.04. The summed E-state index contributed by atoms with van der Waals surface area (Å²) in [5, 5.41) is 5.55. The van der Waals surface area contributed by atoms with Crippen molar-refractivity contribution >= 4 is 11.8 Å². The van der Waals surface area contributed by atoms with Crippen LogP contribution < -0.4 is 5.73 Å². The van der Waals surface area contributed by atoms with E-state index in [0.717, 1.165) is 16.4 Å². The number of benzene rings is 1. The third kappa shape index (κ3) is 2.06. The molecule has 0 aliphatic rings. The number of nitrogens with zero attached hydrogens (tertiary/aromatic N) is 2. The van der Waals surface area contributed by atoms with Crippen LogP contribution in [0, 0.1) is 0 Å². The van der Waals surface area contributed by atoms with Gasteiger partial charge in [-0.05, 0) is 24.5 Å². The van der Waals surface area contributed by atoms with Crippen molar-refractivity contribution in [1.29, 1.82) is 0 Å². The van der Waals surface area contributed by atoms with E-state index in [9.17, 15) is 0 Å². The quantitative estimate of drug-likeness (QED) is 0.803. The van der Waals surface area contributed by atoms with Crippen LogP contribution in [0.4, 0.5) is 0 Å². The molecule has 0 spiro atoms. The number of hydrogen-bond acceptors (Lipinski definition) is 3. The van der Waals surface area contributed by atoms with Crippen molar-refractivity contribution < 1.29 is 0 Å². The zero-order valence-electron chi connectivity index (χ0n) is 8.55. The highest BCUT2D eigenvalue weighted by molar-refractivity contribution is 7.98. The number of hydrogen-bond donors (Lipinski definition) is 1. The first kappa shape index (κ1) is 10.3. The average Bonchev–Trinajstić information content (AvgIpc) is 2.73. The Balaban J connectivity index is 2.47. The summed E-state index contributed by atoms with van der Waals surface area (Å²) in [6.45, 7) is 0.480. The fraction of sp³-hybridized carbons (Fsp3) is 0.182. The van der Waals surface area contributed by atoms with E-state index in [1.54, 1.807) is 11.8 Å². The fourth-order valence-electron chi connectivity index (χ4n) is 1.41. The SMILES string of the molecule is CSc1cc(CN)nn1-c1ccccc1. The summed E-state index contributed by atoms with van der Waals surface area (Å²) in [4.78, 5) is 0. The molecular weight excluding hydrogens is 206 g/mol. The van der Waals surface area contributed by atoms with Gasteiger partial charge >= 0.3 is 0 Å². The van der Waals surface area contributed by atoms with E-state index in [4.69, 9.17) is 5.73 Å². The highest BCUT2D eigenvalue weighted by Gasteiger charge is 2.06. The minimum absolute atomic E-state index is 0.480. The van der Waals surface area contributed by atoms with Gasteiger partial charge in [-0.1, -0.05) is 18.2 Å². The number of para-hydroxylation sites is 1. The molecule has 4 heteroatoms. The van der Waals surface area contributed by atoms with Gasteiger partial charge in [-0.2, -0.15) is 5.10 Å². The molecule has 2 aromatic rings. The Morgan fingerprint density at radius 3 is 2.67 bits per heavy atom. The Hall–Kier alpha value is -1.26. The van der Waals surface area contributed by atoms with Crippen LogP contribution in [-0.2, 0) is 6.54 Å². The Kier molecular flexibility index (Phi) is 3.08. The van der Waals surface area contributed by atoms with Gasteiger partial charge in [0.1, 0.15) is 0 Å². The van der Waals surface area contributed by atoms with E-state index < -0.39 is 0 Å². The molecule has 0 radical (unpaired) electrons. The lowest BCUT2D eigenvalue weighted by molar-refractivity contribution is 0.780. The number of nitrogens with two attached hydrogens (primary N) is 1. The van der Waals surface area contributed by atoms with Crippen LogP contribution >= 0.6 is 11.8 Å². The van der Waals surface area contributed by atoms with Gasteiger partial charge in [0.2, 0.25) is 0 Å². The summed E-state index contributed by atoms with van der Waals surface area (Å²) in [5.74, 6) is 0. The molecule has 1 heterocycles. The van der Waals surface area contributed by atoms with Gasteiger partial charge in [0.25, 0.3) is 0 Å². The third-order valence-corrected chi connectivity index (χ3v) is 2.86. The maximum Gasteiger partial charge on any atom is 0.0999 e. The first-order chi connectivity index (χ1) is 7.35. The van der Waals surface area contributed by atoms with Crippen LogP contribution in [0.5, 0.6) is 0 Å². The Labute approximate surface area is 93.3 Å². The van der Waals surface area contributed by atoms with Gasteiger partial charge in [0.15, 0.2) is 0 Å². The molecule has 0 amide bonds. The molecule has 0 saturated carbocycles. The van der Waals surface area contributed by atoms with Crippen molar-refractivity contribution in [1.82, 2.24) is 9.78 Å². The third-order valence-electron chi connectivity index (χ3n) is 2.15. The fourth-order valence-corrected chi connectivity index (χ4v) is 1.98. The van der Waals surface area contributed by atoms with Crippen molar-refractivity contribution in [3.05, 3.63) is 42.1 Å². The van der Waals surface area contributed by atoms with Crippen LogP contribution in [0.15, 0.2) is 41.4 Å². The average molecular weight is 219 g/mol. The molecule has 0 atom stereocenters. The van der Waals surface area contributed by atoms with Crippen LogP contribution in [0.2, 0.25) is 0 Å². The summed E-state index contributed by atoms with van der Waals surface area (Å²) in [5.41, 5.74) is 7.57. The second-order valence-corrected chi connectivity index (χ2v) is 3.96. The van der Waals surface area contributed by atoms with Crippen LogP contribution in [0.1, 0.15) is 5.69 Å². The van der Waals surface area contributed by atoms with Gasteiger partial charge in [0.05, 0.1) is 16.4 Å². The van der Waals surface area contributed by atoms with Crippen molar-refractivity contribution in [3.8, 4) is 5.69 Å². The Morgan fingerprint density at radius 2 is 2.07 bits per heavy atom. The van der Waals surface area contributed by atoms with Gasteiger partial charge in [0, 0.05) is 6.54 Å². The predicted molar refractivity (Wildman–Crippen MR) is 63.2 cm³/mol. The van der Waals surface area contributed by atoms with Crippen molar-refractivity contribution in [3.63, 3.8) is 0 Å². The lowest BCUT2D eigenvalue weighted by Crippen LogP contribution is -2.01. The number of thioether (sulfide) groups is 1. The van der Waals surface area contributed by atoms with E-state index >= 15 is 0 Å². The zero-order valence-corrected chi connectivity index (χ0v) is 9.37. The topological polar surface area (TPSA) is 43.8 Å².